The number of benzene rings is 1. The Balaban J connectivity index is 1.65. The molecule has 0 bridgehead atoms. The molecule has 26 heavy (non-hydrogen) atoms. The van der Waals surface area contributed by atoms with Crippen molar-refractivity contribution in [1.29, 1.82) is 0 Å². The fraction of sp³-hybridized carbons (Fsp3) is 0.474. The van der Waals surface area contributed by atoms with E-state index in [1.54, 1.807) is 30.0 Å². The van der Waals surface area contributed by atoms with Gasteiger partial charge in [0.15, 0.2) is 5.76 Å². The molecule has 140 valence electrons. The molecule has 2 aromatic rings. The average Bonchev–Trinajstić information content (AvgIpc) is 3.07. The number of amides is 1. The number of ether oxygens (including phenoxy) is 1. The zero-order chi connectivity index (χ0) is 18.7. The number of carbonyl (C=O) groups is 1. The monoisotopic (exact) mass is 361 g/mol. The van der Waals surface area contributed by atoms with Crippen LogP contribution in [0.4, 0.5) is 9.18 Å². The predicted octanol–water partition coefficient (Wildman–Crippen LogP) is 3.45. The van der Waals surface area contributed by atoms with Crippen LogP contribution in [0.2, 0.25) is 0 Å². The van der Waals surface area contributed by atoms with Gasteiger partial charge in [0.25, 0.3) is 0 Å². The second-order valence-electron chi connectivity index (χ2n) is 6.63. The normalized spacial score (nSPS) is 18.2. The Labute approximate surface area is 152 Å². The molecule has 1 saturated heterocycles. The Morgan fingerprint density at radius 3 is 2.92 bits per heavy atom. The fourth-order valence-corrected chi connectivity index (χ4v) is 3.16. The van der Waals surface area contributed by atoms with Crippen LogP contribution in [0.5, 0.6) is 0 Å². The number of hydrogen-bond acceptors (Lipinski definition) is 5. The molecular weight excluding hydrogens is 337 g/mol. The molecule has 1 aliphatic heterocycles. The average molecular weight is 361 g/mol. The van der Waals surface area contributed by atoms with E-state index in [0.29, 0.717) is 37.6 Å². The maximum absolute atomic E-state index is 14.0. The van der Waals surface area contributed by atoms with Crippen molar-refractivity contribution in [3.8, 4) is 11.3 Å². The zero-order valence-corrected chi connectivity index (χ0v) is 15.4. The molecule has 1 atom stereocenters. The van der Waals surface area contributed by atoms with Gasteiger partial charge in [0.2, 0.25) is 0 Å². The van der Waals surface area contributed by atoms with Crippen molar-refractivity contribution >= 4 is 6.09 Å². The molecule has 1 amide bonds. The summed E-state index contributed by atoms with van der Waals surface area (Å²) < 4.78 is 24.4. The largest absolute Gasteiger partial charge is 0.450 e. The molecule has 1 aliphatic rings. The smallest absolute Gasteiger partial charge is 0.409 e. The molecular formula is C19H24FN3O3. The molecule has 6 nitrogen and oxygen atoms in total. The summed E-state index contributed by atoms with van der Waals surface area (Å²) in [5, 5.41) is 4.09. The van der Waals surface area contributed by atoms with Crippen LogP contribution in [-0.4, -0.2) is 53.3 Å². The molecule has 0 aliphatic carbocycles. The standard InChI is InChI=1S/C19H24FN3O3/c1-4-25-19(24)23-8-7-22(14(3)11-23)12-15-10-18(26-21-15)16-9-13(2)5-6-17(16)20/h5-6,9-10,14H,4,7-8,11-12H2,1-3H3/t14-/m0/s1. The molecule has 2 heterocycles. The van der Waals surface area contributed by atoms with Crippen LogP contribution in [0, 0.1) is 12.7 Å². The van der Waals surface area contributed by atoms with Gasteiger partial charge in [0, 0.05) is 38.3 Å². The van der Waals surface area contributed by atoms with Gasteiger partial charge in [0.1, 0.15) is 5.82 Å². The highest BCUT2D eigenvalue weighted by Gasteiger charge is 2.28. The van der Waals surface area contributed by atoms with E-state index >= 15 is 0 Å². The summed E-state index contributed by atoms with van der Waals surface area (Å²) >= 11 is 0. The molecule has 7 heteroatoms. The van der Waals surface area contributed by atoms with Crippen LogP contribution in [0.15, 0.2) is 28.8 Å². The van der Waals surface area contributed by atoms with Crippen molar-refractivity contribution in [3.63, 3.8) is 0 Å². The van der Waals surface area contributed by atoms with Crippen LogP contribution >= 0.6 is 0 Å². The number of piperazine rings is 1. The summed E-state index contributed by atoms with van der Waals surface area (Å²) in [4.78, 5) is 15.8. The maximum Gasteiger partial charge on any atom is 0.409 e. The topological polar surface area (TPSA) is 58.8 Å². The lowest BCUT2D eigenvalue weighted by atomic mass is 10.1. The van der Waals surface area contributed by atoms with E-state index in [9.17, 15) is 9.18 Å². The van der Waals surface area contributed by atoms with E-state index < -0.39 is 0 Å². The van der Waals surface area contributed by atoms with Crippen molar-refractivity contribution in [1.82, 2.24) is 15.0 Å². The minimum absolute atomic E-state index is 0.170. The van der Waals surface area contributed by atoms with Gasteiger partial charge in [-0.15, -0.1) is 0 Å². The third-order valence-electron chi connectivity index (χ3n) is 4.60. The van der Waals surface area contributed by atoms with Crippen LogP contribution in [0.25, 0.3) is 11.3 Å². The second kappa shape index (κ2) is 7.86. The number of hydrogen-bond donors (Lipinski definition) is 0. The lowest BCUT2D eigenvalue weighted by molar-refractivity contribution is 0.0535. The SMILES string of the molecule is CCOC(=O)N1CCN(Cc2cc(-c3cc(C)ccc3F)on2)[C@@H](C)C1. The number of aromatic nitrogens is 1. The molecule has 1 aromatic heterocycles. The van der Waals surface area contributed by atoms with E-state index in [0.717, 1.165) is 17.8 Å². The van der Waals surface area contributed by atoms with E-state index in [-0.39, 0.29) is 18.0 Å². The zero-order valence-electron chi connectivity index (χ0n) is 15.4. The number of halogens is 1. The van der Waals surface area contributed by atoms with E-state index in [4.69, 9.17) is 9.26 Å². The maximum atomic E-state index is 14.0. The number of rotatable bonds is 4. The molecule has 0 spiro atoms. The molecule has 0 saturated carbocycles. The van der Waals surface area contributed by atoms with Crippen molar-refractivity contribution < 1.29 is 18.4 Å². The molecule has 0 radical (unpaired) electrons. The minimum atomic E-state index is -0.324. The lowest BCUT2D eigenvalue weighted by Crippen LogP contribution is -2.53. The highest BCUT2D eigenvalue weighted by atomic mass is 19.1. The van der Waals surface area contributed by atoms with Crippen LogP contribution in [0.3, 0.4) is 0 Å². The Kier molecular flexibility index (Phi) is 5.56. The lowest BCUT2D eigenvalue weighted by Gasteiger charge is -2.38. The van der Waals surface area contributed by atoms with Gasteiger partial charge in [-0.25, -0.2) is 9.18 Å². The van der Waals surface area contributed by atoms with Crippen LogP contribution in [0.1, 0.15) is 25.1 Å². The first-order valence-electron chi connectivity index (χ1n) is 8.85. The van der Waals surface area contributed by atoms with Crippen molar-refractivity contribution in [2.75, 3.05) is 26.2 Å². The van der Waals surface area contributed by atoms with E-state index in [2.05, 4.69) is 17.0 Å². The van der Waals surface area contributed by atoms with Gasteiger partial charge in [-0.3, -0.25) is 4.90 Å². The summed E-state index contributed by atoms with van der Waals surface area (Å²) in [7, 11) is 0. The van der Waals surface area contributed by atoms with Crippen molar-refractivity contribution in [3.05, 3.63) is 41.3 Å². The predicted molar refractivity (Wildman–Crippen MR) is 95.1 cm³/mol. The Hall–Kier alpha value is -2.41. The first-order chi connectivity index (χ1) is 12.5. The van der Waals surface area contributed by atoms with Gasteiger partial charge in [0.05, 0.1) is 17.9 Å². The summed E-state index contributed by atoms with van der Waals surface area (Å²) in [6, 6.07) is 6.86. The Morgan fingerprint density at radius 2 is 2.19 bits per heavy atom. The van der Waals surface area contributed by atoms with Crippen LogP contribution in [-0.2, 0) is 11.3 Å². The molecule has 1 aromatic carbocycles. The molecule has 0 unspecified atom stereocenters. The van der Waals surface area contributed by atoms with Gasteiger partial charge < -0.3 is 14.2 Å². The summed E-state index contributed by atoms with van der Waals surface area (Å²) in [6.07, 6.45) is -0.266. The first-order valence-corrected chi connectivity index (χ1v) is 8.85. The Bertz CT molecular complexity index is 777. The first kappa shape index (κ1) is 18.4. The molecule has 0 N–H and O–H groups in total. The van der Waals surface area contributed by atoms with Crippen molar-refractivity contribution in [2.45, 2.75) is 33.4 Å². The number of nitrogens with zero attached hydrogens (tertiary/aromatic N) is 3. The Morgan fingerprint density at radius 1 is 1.38 bits per heavy atom. The third-order valence-corrected chi connectivity index (χ3v) is 4.60. The third kappa shape index (κ3) is 4.04. The van der Waals surface area contributed by atoms with Gasteiger partial charge in [-0.1, -0.05) is 16.8 Å². The van der Waals surface area contributed by atoms with E-state index in [1.165, 1.54) is 6.07 Å². The number of aryl methyl sites for hydroxylation is 1. The highest BCUT2D eigenvalue weighted by molar-refractivity contribution is 5.67. The number of carbonyl (C=O) groups excluding carboxylic acids is 1. The van der Waals surface area contributed by atoms with Gasteiger partial charge in [-0.05, 0) is 32.9 Å². The van der Waals surface area contributed by atoms with Crippen molar-refractivity contribution in [2.24, 2.45) is 0 Å². The second-order valence-corrected chi connectivity index (χ2v) is 6.63. The summed E-state index contributed by atoms with van der Waals surface area (Å²) in [6.45, 7) is 8.69. The minimum Gasteiger partial charge on any atom is -0.450 e. The highest BCUT2D eigenvalue weighted by Crippen LogP contribution is 2.25. The summed E-state index contributed by atoms with van der Waals surface area (Å²) in [5.41, 5.74) is 2.13. The van der Waals surface area contributed by atoms with Crippen LogP contribution < -0.4 is 0 Å². The summed E-state index contributed by atoms with van der Waals surface area (Å²) in [5.74, 6) is 0.105. The van der Waals surface area contributed by atoms with Gasteiger partial charge >= 0.3 is 6.09 Å². The van der Waals surface area contributed by atoms with Gasteiger partial charge in [-0.2, -0.15) is 0 Å². The molecule has 1 fully saturated rings. The fourth-order valence-electron chi connectivity index (χ4n) is 3.16. The molecule has 3 rings (SSSR count). The van der Waals surface area contributed by atoms with E-state index in [1.807, 2.05) is 6.92 Å². The quantitative estimate of drug-likeness (QED) is 0.835.